The van der Waals surface area contributed by atoms with Crippen molar-refractivity contribution in [3.63, 3.8) is 0 Å². The predicted molar refractivity (Wildman–Crippen MR) is 101 cm³/mol. The zero-order valence-electron chi connectivity index (χ0n) is 14.4. The molecule has 6 nitrogen and oxygen atoms in total. The molecule has 4 N–H and O–H groups in total. The molecule has 1 aliphatic rings. The van der Waals surface area contributed by atoms with E-state index in [-0.39, 0.29) is 17.2 Å². The number of benzene rings is 2. The highest BCUT2D eigenvalue weighted by molar-refractivity contribution is 7.92. The molecule has 0 saturated carbocycles. The Bertz CT molecular complexity index is 959. The molecule has 0 saturated heterocycles. The van der Waals surface area contributed by atoms with Crippen LogP contribution in [0.15, 0.2) is 47.4 Å². The Labute approximate surface area is 162 Å². The number of sulfone groups is 1. The van der Waals surface area contributed by atoms with Crippen LogP contribution in [0.4, 0.5) is 0 Å². The minimum atomic E-state index is -3.71. The highest BCUT2D eigenvalue weighted by Gasteiger charge is 2.35. The number of fused-ring (bicyclic) bond motifs is 1. The van der Waals surface area contributed by atoms with Crippen LogP contribution >= 0.6 is 11.6 Å². The van der Waals surface area contributed by atoms with Gasteiger partial charge < -0.3 is 15.9 Å². The molecule has 0 amide bonds. The van der Waals surface area contributed by atoms with Gasteiger partial charge in [-0.25, -0.2) is 8.42 Å². The molecule has 1 aliphatic carbocycles. The van der Waals surface area contributed by atoms with Gasteiger partial charge >= 0.3 is 5.97 Å². The van der Waals surface area contributed by atoms with Crippen LogP contribution in [0.5, 0.6) is 0 Å². The molecule has 144 valence electrons. The van der Waals surface area contributed by atoms with Gasteiger partial charge in [-0.05, 0) is 59.7 Å². The fourth-order valence-electron chi connectivity index (χ4n) is 3.43. The molecular weight excluding hydrogens is 390 g/mol. The molecule has 2 aromatic rings. The molecule has 0 aliphatic heterocycles. The molecule has 2 aromatic carbocycles. The van der Waals surface area contributed by atoms with Crippen molar-refractivity contribution in [1.82, 2.24) is 0 Å². The lowest BCUT2D eigenvalue weighted by Crippen LogP contribution is -2.38. The largest absolute Gasteiger partial charge is 0.481 e. The molecule has 0 bridgehead atoms. The Morgan fingerprint density at radius 3 is 2.41 bits per heavy atom. The number of hydrogen-bond donors (Lipinski definition) is 3. The normalized spacial score (nSPS) is 18.7. The fraction of sp³-hybridized carbons (Fsp3) is 0.316. The third kappa shape index (κ3) is 4.16. The maximum atomic E-state index is 12.8. The first-order valence-electron chi connectivity index (χ1n) is 8.45. The van der Waals surface area contributed by atoms with E-state index in [0.29, 0.717) is 23.4 Å². The SMILES string of the molecule is NC(C1Cc2ccc(C(O)CC(=O)O)cc2C1)S(=O)(=O)c1ccc(Cl)cc1. The molecule has 8 heteroatoms. The number of aliphatic carboxylic acids is 1. The van der Waals surface area contributed by atoms with Gasteiger partial charge in [0.25, 0.3) is 0 Å². The number of aliphatic hydroxyl groups excluding tert-OH is 1. The number of rotatable bonds is 6. The van der Waals surface area contributed by atoms with E-state index in [1.54, 1.807) is 18.2 Å². The zero-order chi connectivity index (χ0) is 19.8. The van der Waals surface area contributed by atoms with E-state index < -0.39 is 27.3 Å². The van der Waals surface area contributed by atoms with Crippen molar-refractivity contribution in [3.05, 3.63) is 64.2 Å². The molecule has 3 rings (SSSR count). The Balaban J connectivity index is 1.79. The van der Waals surface area contributed by atoms with Crippen molar-refractivity contribution >= 4 is 27.4 Å². The summed E-state index contributed by atoms with van der Waals surface area (Å²) in [5, 5.41) is 18.2. The van der Waals surface area contributed by atoms with Crippen LogP contribution in [0.25, 0.3) is 0 Å². The lowest BCUT2D eigenvalue weighted by atomic mass is 10.0. The highest BCUT2D eigenvalue weighted by Crippen LogP contribution is 2.34. The van der Waals surface area contributed by atoms with Crippen molar-refractivity contribution in [2.24, 2.45) is 11.7 Å². The lowest BCUT2D eigenvalue weighted by Gasteiger charge is -2.19. The average Bonchev–Trinajstić information content (AvgIpc) is 3.03. The summed E-state index contributed by atoms with van der Waals surface area (Å²) in [4.78, 5) is 10.9. The van der Waals surface area contributed by atoms with Gasteiger partial charge in [0.15, 0.2) is 9.84 Å². The van der Waals surface area contributed by atoms with Crippen LogP contribution in [-0.4, -0.2) is 30.0 Å². The van der Waals surface area contributed by atoms with Crippen LogP contribution in [0.2, 0.25) is 5.02 Å². The topological polar surface area (TPSA) is 118 Å². The summed E-state index contributed by atoms with van der Waals surface area (Å²) in [6, 6.07) is 11.1. The number of hydrogen-bond acceptors (Lipinski definition) is 5. The molecular formula is C19H20ClNO5S. The standard InChI is InChI=1S/C19H20ClNO5S/c20-15-3-5-16(6-4-15)27(25,26)19(21)14-7-11-1-2-12(8-13(11)9-14)17(22)10-18(23)24/h1-6,8,14,17,19,22H,7,9-10,21H2,(H,23,24). The van der Waals surface area contributed by atoms with Crippen LogP contribution in [0.1, 0.15) is 29.2 Å². The van der Waals surface area contributed by atoms with E-state index in [1.807, 2.05) is 0 Å². The van der Waals surface area contributed by atoms with Gasteiger partial charge in [-0.3, -0.25) is 4.79 Å². The molecule has 0 fully saturated rings. The van der Waals surface area contributed by atoms with Crippen molar-refractivity contribution in [2.75, 3.05) is 0 Å². The number of aliphatic hydroxyl groups is 1. The number of nitrogens with two attached hydrogens (primary N) is 1. The Hall–Kier alpha value is -1.93. The fourth-order valence-corrected chi connectivity index (χ4v) is 5.08. The molecule has 0 aromatic heterocycles. The summed E-state index contributed by atoms with van der Waals surface area (Å²) < 4.78 is 25.6. The van der Waals surface area contributed by atoms with Gasteiger partial charge in [0.05, 0.1) is 17.4 Å². The molecule has 3 unspecified atom stereocenters. The monoisotopic (exact) mass is 409 g/mol. The second kappa shape index (κ2) is 7.59. The summed E-state index contributed by atoms with van der Waals surface area (Å²) >= 11 is 5.82. The Morgan fingerprint density at radius 2 is 1.78 bits per heavy atom. The molecule has 0 spiro atoms. The van der Waals surface area contributed by atoms with Gasteiger partial charge in [-0.2, -0.15) is 0 Å². The van der Waals surface area contributed by atoms with Crippen LogP contribution in [-0.2, 0) is 27.5 Å². The predicted octanol–water partition coefficient (Wildman–Crippen LogP) is 2.32. The third-order valence-electron chi connectivity index (χ3n) is 4.91. The van der Waals surface area contributed by atoms with E-state index >= 15 is 0 Å². The average molecular weight is 410 g/mol. The number of carboxylic acid groups (broad SMARTS) is 1. The maximum Gasteiger partial charge on any atom is 0.306 e. The molecule has 3 atom stereocenters. The zero-order valence-corrected chi connectivity index (χ0v) is 15.9. The van der Waals surface area contributed by atoms with Crippen molar-refractivity contribution in [3.8, 4) is 0 Å². The first kappa shape index (κ1) is 19.8. The van der Waals surface area contributed by atoms with Crippen molar-refractivity contribution in [2.45, 2.75) is 35.6 Å². The van der Waals surface area contributed by atoms with E-state index in [2.05, 4.69) is 0 Å². The Kier molecular flexibility index (Phi) is 5.58. The number of halogens is 1. The van der Waals surface area contributed by atoms with E-state index in [9.17, 15) is 18.3 Å². The van der Waals surface area contributed by atoms with Crippen LogP contribution in [0.3, 0.4) is 0 Å². The first-order chi connectivity index (χ1) is 12.7. The van der Waals surface area contributed by atoms with E-state index in [0.717, 1.165) is 11.1 Å². The van der Waals surface area contributed by atoms with E-state index in [4.69, 9.17) is 22.4 Å². The van der Waals surface area contributed by atoms with Gasteiger partial charge in [-0.1, -0.05) is 29.8 Å². The lowest BCUT2D eigenvalue weighted by molar-refractivity contribution is -0.139. The number of carboxylic acids is 1. The first-order valence-corrected chi connectivity index (χ1v) is 10.4. The summed E-state index contributed by atoms with van der Waals surface area (Å²) in [7, 11) is -3.71. The molecule has 27 heavy (non-hydrogen) atoms. The summed E-state index contributed by atoms with van der Waals surface area (Å²) in [6.07, 6.45) is -0.513. The van der Waals surface area contributed by atoms with Crippen LogP contribution < -0.4 is 5.73 Å². The summed E-state index contributed by atoms with van der Waals surface area (Å²) in [6.45, 7) is 0. The summed E-state index contributed by atoms with van der Waals surface area (Å²) in [5.74, 6) is -1.38. The molecule has 0 radical (unpaired) electrons. The minimum Gasteiger partial charge on any atom is -0.481 e. The van der Waals surface area contributed by atoms with Crippen molar-refractivity contribution in [1.29, 1.82) is 0 Å². The number of carbonyl (C=O) groups is 1. The third-order valence-corrected chi connectivity index (χ3v) is 7.20. The van der Waals surface area contributed by atoms with Gasteiger partial charge in [0.2, 0.25) is 0 Å². The smallest absolute Gasteiger partial charge is 0.306 e. The highest BCUT2D eigenvalue weighted by atomic mass is 35.5. The summed E-state index contributed by atoms with van der Waals surface area (Å²) in [5.41, 5.74) is 8.49. The van der Waals surface area contributed by atoms with Gasteiger partial charge in [0.1, 0.15) is 5.37 Å². The minimum absolute atomic E-state index is 0.132. The second-order valence-electron chi connectivity index (χ2n) is 6.77. The second-order valence-corrected chi connectivity index (χ2v) is 9.32. The maximum absolute atomic E-state index is 12.8. The van der Waals surface area contributed by atoms with Crippen molar-refractivity contribution < 1.29 is 23.4 Å². The quantitative estimate of drug-likeness (QED) is 0.673. The van der Waals surface area contributed by atoms with Gasteiger partial charge in [0, 0.05) is 5.02 Å². The Morgan fingerprint density at radius 1 is 1.15 bits per heavy atom. The van der Waals surface area contributed by atoms with Gasteiger partial charge in [-0.15, -0.1) is 0 Å². The molecule has 0 heterocycles. The van der Waals surface area contributed by atoms with E-state index in [1.165, 1.54) is 24.3 Å². The van der Waals surface area contributed by atoms with Crippen LogP contribution in [0, 0.1) is 5.92 Å².